The number of rotatable bonds is 6. The van der Waals surface area contributed by atoms with Gasteiger partial charge in [-0.2, -0.15) is 13.2 Å². The van der Waals surface area contributed by atoms with Gasteiger partial charge in [0.25, 0.3) is 0 Å². The van der Waals surface area contributed by atoms with E-state index in [0.29, 0.717) is 12.2 Å². The molecule has 0 heterocycles. The Balaban J connectivity index is 3.90. The SMILES string of the molecule is CC(C)(C)C(SCCCCC(F)(F)F)C(=O)O. The molecule has 0 aromatic heterocycles. The second-order valence-corrected chi connectivity index (χ2v) is 6.24. The molecule has 0 aliphatic carbocycles. The van der Waals surface area contributed by atoms with E-state index in [4.69, 9.17) is 5.11 Å². The lowest BCUT2D eigenvalue weighted by molar-refractivity contribution is -0.138. The lowest BCUT2D eigenvalue weighted by Crippen LogP contribution is -2.31. The number of hydrogen-bond acceptors (Lipinski definition) is 2. The van der Waals surface area contributed by atoms with Crippen molar-refractivity contribution in [1.29, 1.82) is 0 Å². The molecule has 17 heavy (non-hydrogen) atoms. The van der Waals surface area contributed by atoms with E-state index in [-0.39, 0.29) is 11.8 Å². The lowest BCUT2D eigenvalue weighted by Gasteiger charge is -2.26. The summed E-state index contributed by atoms with van der Waals surface area (Å²) >= 11 is 1.22. The summed E-state index contributed by atoms with van der Waals surface area (Å²) in [5.74, 6) is -0.456. The summed E-state index contributed by atoms with van der Waals surface area (Å²) in [6.45, 7) is 5.44. The minimum absolute atomic E-state index is 0.0625. The van der Waals surface area contributed by atoms with Gasteiger partial charge >= 0.3 is 12.1 Å². The van der Waals surface area contributed by atoms with Gasteiger partial charge in [-0.15, -0.1) is 11.8 Å². The fraction of sp³-hybridized carbons (Fsp3) is 0.909. The molecule has 0 aromatic carbocycles. The van der Waals surface area contributed by atoms with E-state index in [2.05, 4.69) is 0 Å². The van der Waals surface area contributed by atoms with Crippen LogP contribution in [0.25, 0.3) is 0 Å². The molecule has 0 aromatic rings. The second kappa shape index (κ2) is 6.52. The highest BCUT2D eigenvalue weighted by atomic mass is 32.2. The summed E-state index contributed by atoms with van der Waals surface area (Å²) < 4.78 is 35.6. The van der Waals surface area contributed by atoms with Crippen LogP contribution >= 0.6 is 11.8 Å². The average Bonchev–Trinajstić information content (AvgIpc) is 2.05. The monoisotopic (exact) mass is 272 g/mol. The summed E-state index contributed by atoms with van der Waals surface area (Å²) in [6.07, 6.45) is -4.45. The Morgan fingerprint density at radius 2 is 1.76 bits per heavy atom. The molecule has 0 amide bonds. The normalized spacial score (nSPS) is 14.7. The summed E-state index contributed by atoms with van der Waals surface area (Å²) in [5, 5.41) is 8.42. The predicted octanol–water partition coefficient (Wildman–Crippen LogP) is 3.95. The molecule has 0 spiro atoms. The molecule has 0 bridgehead atoms. The maximum absolute atomic E-state index is 11.9. The van der Waals surface area contributed by atoms with Crippen molar-refractivity contribution >= 4 is 17.7 Å². The number of halogens is 3. The lowest BCUT2D eigenvalue weighted by atomic mass is 9.92. The Bertz CT molecular complexity index is 246. The standard InChI is InChI=1S/C11H19F3O2S/c1-10(2,3)8(9(15)16)17-7-5-4-6-11(12,13)14/h8H,4-7H2,1-3H3,(H,15,16). The average molecular weight is 272 g/mol. The highest BCUT2D eigenvalue weighted by molar-refractivity contribution is 8.00. The molecule has 6 heteroatoms. The van der Waals surface area contributed by atoms with Crippen LogP contribution in [0.1, 0.15) is 40.0 Å². The van der Waals surface area contributed by atoms with Gasteiger partial charge in [0, 0.05) is 6.42 Å². The molecule has 1 N–H and O–H groups in total. The molecule has 0 aliphatic rings. The number of unbranched alkanes of at least 4 members (excludes halogenated alkanes) is 1. The summed E-state index contributed by atoms with van der Waals surface area (Å²) in [4.78, 5) is 11.0. The van der Waals surface area contributed by atoms with Crippen molar-refractivity contribution in [2.24, 2.45) is 5.41 Å². The molecule has 0 saturated carbocycles. The third-order valence-corrected chi connectivity index (χ3v) is 3.92. The van der Waals surface area contributed by atoms with Crippen molar-refractivity contribution in [3.05, 3.63) is 0 Å². The molecule has 1 unspecified atom stereocenters. The Morgan fingerprint density at radius 1 is 1.24 bits per heavy atom. The van der Waals surface area contributed by atoms with E-state index in [0.717, 1.165) is 0 Å². The predicted molar refractivity (Wildman–Crippen MR) is 63.2 cm³/mol. The minimum atomic E-state index is -4.11. The van der Waals surface area contributed by atoms with Gasteiger partial charge in [-0.1, -0.05) is 20.8 Å². The van der Waals surface area contributed by atoms with Crippen LogP contribution in [0.15, 0.2) is 0 Å². The van der Waals surface area contributed by atoms with Crippen LogP contribution < -0.4 is 0 Å². The molecule has 2 nitrogen and oxygen atoms in total. The van der Waals surface area contributed by atoms with Crippen molar-refractivity contribution in [3.63, 3.8) is 0 Å². The molecule has 0 fully saturated rings. The summed E-state index contributed by atoms with van der Waals surface area (Å²) in [5.41, 5.74) is -0.388. The number of thioether (sulfide) groups is 1. The van der Waals surface area contributed by atoms with Gasteiger partial charge in [0.15, 0.2) is 0 Å². The molecule has 0 rings (SSSR count). The number of aliphatic carboxylic acids is 1. The van der Waals surface area contributed by atoms with Crippen molar-refractivity contribution < 1.29 is 23.1 Å². The molecule has 102 valence electrons. The first-order valence-corrected chi connectivity index (χ1v) is 6.50. The van der Waals surface area contributed by atoms with Crippen LogP contribution in [0.4, 0.5) is 13.2 Å². The zero-order chi connectivity index (χ0) is 13.7. The van der Waals surface area contributed by atoms with Gasteiger partial charge in [0.2, 0.25) is 0 Å². The highest BCUT2D eigenvalue weighted by Crippen LogP contribution is 2.31. The zero-order valence-electron chi connectivity index (χ0n) is 10.3. The minimum Gasteiger partial charge on any atom is -0.480 e. The van der Waals surface area contributed by atoms with Crippen LogP contribution in [0.5, 0.6) is 0 Å². The van der Waals surface area contributed by atoms with E-state index in [1.807, 2.05) is 20.8 Å². The van der Waals surface area contributed by atoms with Crippen molar-refractivity contribution in [2.75, 3.05) is 5.75 Å². The number of hydrogen-bond donors (Lipinski definition) is 1. The van der Waals surface area contributed by atoms with Crippen LogP contribution in [-0.2, 0) is 4.79 Å². The van der Waals surface area contributed by atoms with Crippen LogP contribution in [-0.4, -0.2) is 28.3 Å². The van der Waals surface area contributed by atoms with E-state index < -0.39 is 23.8 Å². The third-order valence-electron chi connectivity index (χ3n) is 2.15. The van der Waals surface area contributed by atoms with E-state index >= 15 is 0 Å². The number of carboxylic acid groups (broad SMARTS) is 1. The molecule has 0 saturated heterocycles. The van der Waals surface area contributed by atoms with Gasteiger partial charge in [-0.05, 0) is 24.0 Å². The largest absolute Gasteiger partial charge is 0.480 e. The molecular weight excluding hydrogens is 253 g/mol. The molecule has 0 radical (unpaired) electrons. The molecule has 1 atom stereocenters. The smallest absolute Gasteiger partial charge is 0.389 e. The third kappa shape index (κ3) is 8.35. The quantitative estimate of drug-likeness (QED) is 0.744. The highest BCUT2D eigenvalue weighted by Gasteiger charge is 2.31. The topological polar surface area (TPSA) is 37.3 Å². The van der Waals surface area contributed by atoms with E-state index in [1.54, 1.807) is 0 Å². The maximum Gasteiger partial charge on any atom is 0.389 e. The Hall–Kier alpha value is -0.390. The Morgan fingerprint density at radius 3 is 2.12 bits per heavy atom. The number of carbonyl (C=O) groups is 1. The van der Waals surface area contributed by atoms with Crippen LogP contribution in [0.3, 0.4) is 0 Å². The summed E-state index contributed by atoms with van der Waals surface area (Å²) in [7, 11) is 0. The van der Waals surface area contributed by atoms with Crippen LogP contribution in [0, 0.1) is 5.41 Å². The van der Waals surface area contributed by atoms with Crippen molar-refractivity contribution in [1.82, 2.24) is 0 Å². The van der Waals surface area contributed by atoms with Gasteiger partial charge in [-0.25, -0.2) is 0 Å². The molecular formula is C11H19F3O2S. The van der Waals surface area contributed by atoms with Gasteiger partial charge in [0.05, 0.1) is 0 Å². The van der Waals surface area contributed by atoms with E-state index in [9.17, 15) is 18.0 Å². The van der Waals surface area contributed by atoms with Crippen LogP contribution in [0.2, 0.25) is 0 Å². The van der Waals surface area contributed by atoms with Gasteiger partial charge < -0.3 is 5.11 Å². The Labute approximate surface area is 104 Å². The zero-order valence-corrected chi connectivity index (χ0v) is 11.1. The number of alkyl halides is 3. The Kier molecular flexibility index (Phi) is 6.37. The van der Waals surface area contributed by atoms with Crippen molar-refractivity contribution in [3.8, 4) is 0 Å². The fourth-order valence-electron chi connectivity index (χ4n) is 1.32. The maximum atomic E-state index is 11.9. The van der Waals surface area contributed by atoms with Crippen molar-refractivity contribution in [2.45, 2.75) is 51.5 Å². The van der Waals surface area contributed by atoms with Gasteiger partial charge in [-0.3, -0.25) is 4.79 Å². The first-order chi connectivity index (χ1) is 7.54. The second-order valence-electron chi connectivity index (χ2n) is 5.03. The number of carboxylic acids is 1. The first kappa shape index (κ1) is 16.6. The molecule has 0 aliphatic heterocycles. The fourth-order valence-corrected chi connectivity index (χ4v) is 2.57. The van der Waals surface area contributed by atoms with E-state index in [1.165, 1.54) is 11.8 Å². The summed E-state index contributed by atoms with van der Waals surface area (Å²) in [6, 6.07) is 0. The first-order valence-electron chi connectivity index (χ1n) is 5.45. The van der Waals surface area contributed by atoms with Gasteiger partial charge in [0.1, 0.15) is 5.25 Å².